The number of hydrogen-bond donors (Lipinski definition) is 8. The summed E-state index contributed by atoms with van der Waals surface area (Å²) < 4.78 is 22.3. The molecule has 0 unspecified atom stereocenters. The number of carbonyl (C=O) groups excluding carboxylic acids is 1. The van der Waals surface area contributed by atoms with Gasteiger partial charge in [-0.05, 0) is 25.1 Å². The van der Waals surface area contributed by atoms with Gasteiger partial charge >= 0.3 is 0 Å². The Morgan fingerprint density at radius 1 is 0.889 bits per heavy atom. The van der Waals surface area contributed by atoms with Crippen molar-refractivity contribution in [3.05, 3.63) is 0 Å². The molecule has 14 heteroatoms. The lowest BCUT2D eigenvalue weighted by Gasteiger charge is -2.47. The third-order valence-electron chi connectivity index (χ3n) is 6.87. The number of carbonyl (C=O) groups is 1. The predicted molar refractivity (Wildman–Crippen MR) is 129 cm³/mol. The van der Waals surface area contributed by atoms with E-state index in [0.717, 1.165) is 25.7 Å². The molecule has 3 rings (SSSR count). The third kappa shape index (κ3) is 7.01. The quantitative estimate of drug-likeness (QED) is 0.148. The number of methoxy groups -OCH3 is 1. The van der Waals surface area contributed by atoms with Gasteiger partial charge in [-0.15, -0.1) is 0 Å². The van der Waals surface area contributed by atoms with Gasteiger partial charge in [-0.25, -0.2) is 0 Å². The number of rotatable bonds is 8. The van der Waals surface area contributed by atoms with Crippen molar-refractivity contribution in [1.29, 1.82) is 0 Å². The van der Waals surface area contributed by atoms with Gasteiger partial charge in [0.05, 0.1) is 19.3 Å². The maximum absolute atomic E-state index is 11.7. The van der Waals surface area contributed by atoms with Crippen LogP contribution in [0.15, 0.2) is 0 Å². The summed E-state index contributed by atoms with van der Waals surface area (Å²) in [6.07, 6.45) is -4.96. The number of nitrogens with one attached hydrogen (secondary N) is 3. The highest BCUT2D eigenvalue weighted by Gasteiger charge is 2.51. The summed E-state index contributed by atoms with van der Waals surface area (Å²) in [5.74, 6) is -0.452. The topological polar surface area (TPSA) is 191 Å². The monoisotopic (exact) mass is 537 g/mol. The van der Waals surface area contributed by atoms with Crippen molar-refractivity contribution in [3.8, 4) is 0 Å². The van der Waals surface area contributed by atoms with Gasteiger partial charge in [0.2, 0.25) is 5.91 Å². The van der Waals surface area contributed by atoms with E-state index in [9.17, 15) is 30.3 Å². The maximum atomic E-state index is 11.7. The number of aliphatic hydroxyl groups is 5. The molecular formula is C22H39N3O10S. The number of hydrogen-bond acceptors (Lipinski definition) is 11. The smallest absolute Gasteiger partial charge is 0.217 e. The molecular weight excluding hydrogens is 498 g/mol. The first-order valence-corrected chi connectivity index (χ1v) is 12.7. The Morgan fingerprint density at radius 2 is 1.53 bits per heavy atom. The molecule has 0 aromatic rings. The fourth-order valence-corrected chi connectivity index (χ4v) is 5.28. The van der Waals surface area contributed by atoms with Crippen molar-refractivity contribution in [3.63, 3.8) is 0 Å². The van der Waals surface area contributed by atoms with Gasteiger partial charge in [0.25, 0.3) is 0 Å². The summed E-state index contributed by atoms with van der Waals surface area (Å²) in [4.78, 5) is 11.7. The Kier molecular flexibility index (Phi) is 11.1. The van der Waals surface area contributed by atoms with Crippen molar-refractivity contribution in [1.82, 2.24) is 16.0 Å². The molecule has 0 radical (unpaired) electrons. The molecule has 10 atom stereocenters. The van der Waals surface area contributed by atoms with E-state index in [-0.39, 0.29) is 11.2 Å². The van der Waals surface area contributed by atoms with E-state index in [2.05, 4.69) is 16.0 Å². The van der Waals surface area contributed by atoms with Crippen LogP contribution in [0.1, 0.15) is 39.0 Å². The molecule has 36 heavy (non-hydrogen) atoms. The Bertz CT molecular complexity index is 730. The molecule has 3 aliphatic rings. The SMILES string of the molecule is CO[C@@H]1O[C@H](CO)[C@@H](O[C@@H]2O[C@H](CO)[C@H](O)[C@H](NC(=S)NC3CCCCC3)[C@H]2O)[C@H](O)[C@H]1NC(C)=O. The lowest BCUT2D eigenvalue weighted by Crippen LogP contribution is -2.69. The summed E-state index contributed by atoms with van der Waals surface area (Å²) >= 11 is 5.40. The van der Waals surface area contributed by atoms with E-state index < -0.39 is 80.4 Å². The Balaban J connectivity index is 1.73. The second-order valence-electron chi connectivity index (χ2n) is 9.46. The second-order valence-corrected chi connectivity index (χ2v) is 9.87. The van der Waals surface area contributed by atoms with E-state index >= 15 is 0 Å². The number of thiocarbonyl (C=S) groups is 1. The predicted octanol–water partition coefficient (Wildman–Crippen LogP) is -2.79. The highest BCUT2D eigenvalue weighted by atomic mass is 32.1. The molecule has 2 saturated heterocycles. The number of amides is 1. The highest BCUT2D eigenvalue weighted by Crippen LogP contribution is 2.29. The molecule has 2 aliphatic heterocycles. The van der Waals surface area contributed by atoms with Crippen molar-refractivity contribution >= 4 is 23.2 Å². The molecule has 0 spiro atoms. The zero-order valence-electron chi connectivity index (χ0n) is 20.5. The molecule has 1 saturated carbocycles. The largest absolute Gasteiger partial charge is 0.394 e. The normalized spacial score (nSPS) is 39.9. The minimum absolute atomic E-state index is 0.188. The van der Waals surface area contributed by atoms with Crippen LogP contribution in [0.25, 0.3) is 0 Å². The van der Waals surface area contributed by atoms with Crippen LogP contribution >= 0.6 is 12.2 Å². The molecule has 13 nitrogen and oxygen atoms in total. The number of ether oxygens (including phenoxy) is 4. The molecule has 0 aromatic heterocycles. The lowest BCUT2D eigenvalue weighted by atomic mass is 9.94. The standard InChI is InChI=1S/C22H39N3O10S/c1-10(28)23-15-17(30)19(13(9-27)34-20(15)32-2)35-21-18(31)14(16(29)12(8-26)33-21)25-22(36)24-11-6-4-3-5-7-11/h11-21,26-27,29-31H,3-9H2,1-2H3,(H,23,28)(H2,24,25,36)/t12-,13-,14+,15-,16+,17-,18-,19-,20-,21+/m1/s1. The molecule has 8 N–H and O–H groups in total. The van der Waals surface area contributed by atoms with Gasteiger partial charge in [0.1, 0.15) is 42.7 Å². The van der Waals surface area contributed by atoms with Crippen molar-refractivity contribution in [2.24, 2.45) is 0 Å². The van der Waals surface area contributed by atoms with E-state index in [1.165, 1.54) is 20.5 Å². The van der Waals surface area contributed by atoms with Crippen LogP contribution in [0.3, 0.4) is 0 Å². The summed E-state index contributed by atoms with van der Waals surface area (Å²) in [5, 5.41) is 61.2. The van der Waals surface area contributed by atoms with Gasteiger partial charge in [0, 0.05) is 20.1 Å². The van der Waals surface area contributed by atoms with Gasteiger partial charge in [-0.1, -0.05) is 19.3 Å². The molecule has 0 bridgehead atoms. The first kappa shape index (κ1) is 29.4. The molecule has 1 amide bonds. The first-order chi connectivity index (χ1) is 17.2. The summed E-state index contributed by atoms with van der Waals surface area (Å²) in [5.41, 5.74) is 0. The fourth-order valence-electron chi connectivity index (χ4n) is 4.98. The molecule has 0 aromatic carbocycles. The van der Waals surface area contributed by atoms with E-state index in [0.29, 0.717) is 0 Å². The summed E-state index contributed by atoms with van der Waals surface area (Å²) in [6, 6.07) is -1.93. The van der Waals surface area contributed by atoms with Crippen molar-refractivity contribution in [2.75, 3.05) is 20.3 Å². The molecule has 208 valence electrons. The van der Waals surface area contributed by atoms with E-state index in [4.69, 9.17) is 31.2 Å². The zero-order chi connectivity index (χ0) is 26.4. The van der Waals surface area contributed by atoms with Crippen molar-refractivity contribution in [2.45, 2.75) is 106 Å². The zero-order valence-corrected chi connectivity index (χ0v) is 21.3. The lowest BCUT2D eigenvalue weighted by molar-refractivity contribution is -0.336. The van der Waals surface area contributed by atoms with Crippen LogP contribution in [0.4, 0.5) is 0 Å². The Labute approximate surface area is 215 Å². The number of aliphatic hydroxyl groups excluding tert-OH is 5. The van der Waals surface area contributed by atoms with Crippen LogP contribution in [-0.4, -0.2) is 124 Å². The van der Waals surface area contributed by atoms with Gasteiger partial charge < -0.3 is 60.4 Å². The maximum Gasteiger partial charge on any atom is 0.217 e. The Hall–Kier alpha value is -1.20. The van der Waals surface area contributed by atoms with Crippen LogP contribution in [0.5, 0.6) is 0 Å². The summed E-state index contributed by atoms with van der Waals surface area (Å²) in [7, 11) is 1.32. The van der Waals surface area contributed by atoms with E-state index in [1.807, 2.05) is 0 Å². The molecule has 2 heterocycles. The molecule has 1 aliphatic carbocycles. The first-order valence-electron chi connectivity index (χ1n) is 12.3. The van der Waals surface area contributed by atoms with E-state index in [1.54, 1.807) is 0 Å². The van der Waals surface area contributed by atoms with Crippen molar-refractivity contribution < 1.29 is 49.3 Å². The second kappa shape index (κ2) is 13.6. The van der Waals surface area contributed by atoms with Crippen LogP contribution in [0.2, 0.25) is 0 Å². The average molecular weight is 538 g/mol. The fraction of sp³-hybridized carbons (Fsp3) is 0.909. The van der Waals surface area contributed by atoms with Crippen LogP contribution in [0, 0.1) is 0 Å². The minimum Gasteiger partial charge on any atom is -0.394 e. The Morgan fingerprint density at radius 3 is 2.11 bits per heavy atom. The average Bonchev–Trinajstić information content (AvgIpc) is 2.86. The van der Waals surface area contributed by atoms with Crippen LogP contribution < -0.4 is 16.0 Å². The highest BCUT2D eigenvalue weighted by molar-refractivity contribution is 7.80. The van der Waals surface area contributed by atoms with Gasteiger partial charge in [0.15, 0.2) is 17.7 Å². The third-order valence-corrected chi connectivity index (χ3v) is 7.10. The van der Waals surface area contributed by atoms with Gasteiger partial charge in [-0.2, -0.15) is 0 Å². The summed E-state index contributed by atoms with van der Waals surface area (Å²) in [6.45, 7) is 0.109. The minimum atomic E-state index is -1.49. The van der Waals surface area contributed by atoms with Crippen LogP contribution in [-0.2, 0) is 23.7 Å². The van der Waals surface area contributed by atoms with Gasteiger partial charge in [-0.3, -0.25) is 4.79 Å². The molecule has 3 fully saturated rings.